The Balaban J connectivity index is 1.55. The minimum atomic E-state index is 0.712. The van der Waals surface area contributed by atoms with Crippen molar-refractivity contribution in [1.29, 1.82) is 0 Å². The van der Waals surface area contributed by atoms with Crippen molar-refractivity contribution in [3.8, 4) is 0 Å². The van der Waals surface area contributed by atoms with Crippen LogP contribution >= 0.6 is 11.6 Å². The Morgan fingerprint density at radius 2 is 2.25 bits per heavy atom. The number of hydrogen-bond donors (Lipinski definition) is 1. The molecule has 3 atom stereocenters. The van der Waals surface area contributed by atoms with Gasteiger partial charge in [-0.25, -0.2) is 0 Å². The first-order valence-electron chi connectivity index (χ1n) is 6.15. The zero-order valence-electron chi connectivity index (χ0n) is 9.32. The standard InChI is InChI=1S/C13H17ClN2/c14-11-3-4-12(15-7-11)8-16-13-6-9-1-2-10(13)5-9/h3-4,7,9-10,13,16H,1-2,5-6,8H2. The molecule has 1 aromatic heterocycles. The lowest BCUT2D eigenvalue weighted by atomic mass is 9.95. The molecule has 0 spiro atoms. The summed E-state index contributed by atoms with van der Waals surface area (Å²) in [4.78, 5) is 4.31. The van der Waals surface area contributed by atoms with Crippen LogP contribution in [0.4, 0.5) is 0 Å². The van der Waals surface area contributed by atoms with E-state index < -0.39 is 0 Å². The number of nitrogens with zero attached hydrogens (tertiary/aromatic N) is 1. The lowest BCUT2D eigenvalue weighted by molar-refractivity contribution is 0.349. The molecule has 0 radical (unpaired) electrons. The second kappa shape index (κ2) is 4.34. The molecule has 2 nitrogen and oxygen atoms in total. The van der Waals surface area contributed by atoms with Crippen LogP contribution in [0.2, 0.25) is 5.02 Å². The SMILES string of the molecule is Clc1ccc(CNC2CC3CCC2C3)nc1. The first-order valence-corrected chi connectivity index (χ1v) is 6.53. The Bertz CT molecular complexity index is 363. The summed E-state index contributed by atoms with van der Waals surface area (Å²) in [6, 6.07) is 4.64. The van der Waals surface area contributed by atoms with Gasteiger partial charge in [-0.1, -0.05) is 18.0 Å². The predicted octanol–water partition coefficient (Wildman–Crippen LogP) is 3.01. The van der Waals surface area contributed by atoms with Gasteiger partial charge in [-0.3, -0.25) is 4.98 Å². The molecule has 3 unspecified atom stereocenters. The third kappa shape index (κ3) is 2.09. The van der Waals surface area contributed by atoms with Gasteiger partial charge in [0.2, 0.25) is 0 Å². The highest BCUT2D eigenvalue weighted by Crippen LogP contribution is 2.44. The van der Waals surface area contributed by atoms with Gasteiger partial charge in [0.25, 0.3) is 0 Å². The molecule has 0 saturated heterocycles. The molecule has 2 bridgehead atoms. The highest BCUT2D eigenvalue weighted by atomic mass is 35.5. The van der Waals surface area contributed by atoms with Crippen LogP contribution in [-0.2, 0) is 6.54 Å². The first kappa shape index (κ1) is 10.5. The molecular weight excluding hydrogens is 220 g/mol. The number of fused-ring (bicyclic) bond motifs is 2. The maximum absolute atomic E-state index is 5.81. The van der Waals surface area contributed by atoms with Crippen LogP contribution in [0.3, 0.4) is 0 Å². The number of pyridine rings is 1. The summed E-state index contributed by atoms with van der Waals surface area (Å²) in [5, 5.41) is 4.35. The van der Waals surface area contributed by atoms with E-state index in [1.54, 1.807) is 6.20 Å². The Hall–Kier alpha value is -0.600. The zero-order chi connectivity index (χ0) is 11.0. The zero-order valence-corrected chi connectivity index (χ0v) is 10.1. The number of aromatic nitrogens is 1. The van der Waals surface area contributed by atoms with E-state index in [0.717, 1.165) is 30.1 Å². The van der Waals surface area contributed by atoms with E-state index in [4.69, 9.17) is 11.6 Å². The van der Waals surface area contributed by atoms with E-state index in [1.165, 1.54) is 25.7 Å². The van der Waals surface area contributed by atoms with Crippen molar-refractivity contribution in [2.75, 3.05) is 0 Å². The molecule has 3 heteroatoms. The fraction of sp³-hybridized carbons (Fsp3) is 0.615. The van der Waals surface area contributed by atoms with Crippen LogP contribution in [0.15, 0.2) is 18.3 Å². The number of nitrogens with one attached hydrogen (secondary N) is 1. The van der Waals surface area contributed by atoms with Gasteiger partial charge in [0, 0.05) is 18.8 Å². The molecule has 2 fully saturated rings. The van der Waals surface area contributed by atoms with Gasteiger partial charge in [-0.2, -0.15) is 0 Å². The molecular formula is C13H17ClN2. The topological polar surface area (TPSA) is 24.9 Å². The second-order valence-corrected chi connectivity index (χ2v) is 5.57. The van der Waals surface area contributed by atoms with Crippen LogP contribution in [0, 0.1) is 11.8 Å². The van der Waals surface area contributed by atoms with Crippen molar-refractivity contribution >= 4 is 11.6 Å². The fourth-order valence-corrected chi connectivity index (χ4v) is 3.35. The van der Waals surface area contributed by atoms with Crippen molar-refractivity contribution in [2.24, 2.45) is 11.8 Å². The van der Waals surface area contributed by atoms with E-state index >= 15 is 0 Å². The molecule has 86 valence electrons. The predicted molar refractivity (Wildman–Crippen MR) is 65.3 cm³/mol. The summed E-state index contributed by atoms with van der Waals surface area (Å²) in [5.41, 5.74) is 1.09. The quantitative estimate of drug-likeness (QED) is 0.873. The van der Waals surface area contributed by atoms with Crippen molar-refractivity contribution in [1.82, 2.24) is 10.3 Å². The van der Waals surface area contributed by atoms with Crippen molar-refractivity contribution in [3.05, 3.63) is 29.0 Å². The van der Waals surface area contributed by atoms with Crippen LogP contribution in [0.5, 0.6) is 0 Å². The van der Waals surface area contributed by atoms with Gasteiger partial charge in [0.05, 0.1) is 10.7 Å². The van der Waals surface area contributed by atoms with Crippen LogP contribution in [0.1, 0.15) is 31.4 Å². The average molecular weight is 237 g/mol. The molecule has 2 saturated carbocycles. The smallest absolute Gasteiger partial charge is 0.0589 e. The third-order valence-electron chi connectivity index (χ3n) is 4.07. The summed E-state index contributed by atoms with van der Waals surface area (Å²) in [7, 11) is 0. The summed E-state index contributed by atoms with van der Waals surface area (Å²) in [6.45, 7) is 0.880. The first-order chi connectivity index (χ1) is 7.81. The number of hydrogen-bond acceptors (Lipinski definition) is 2. The summed E-state index contributed by atoms with van der Waals surface area (Å²) < 4.78 is 0. The Labute approximate surface area is 101 Å². The van der Waals surface area contributed by atoms with Crippen molar-refractivity contribution in [2.45, 2.75) is 38.3 Å². The maximum Gasteiger partial charge on any atom is 0.0589 e. The minimum Gasteiger partial charge on any atom is -0.308 e. The van der Waals surface area contributed by atoms with E-state index in [-0.39, 0.29) is 0 Å². The van der Waals surface area contributed by atoms with E-state index in [1.807, 2.05) is 12.1 Å². The summed E-state index contributed by atoms with van der Waals surface area (Å²) >= 11 is 5.81. The van der Waals surface area contributed by atoms with E-state index in [2.05, 4.69) is 10.3 Å². The molecule has 0 amide bonds. The lowest BCUT2D eigenvalue weighted by Crippen LogP contribution is -2.33. The van der Waals surface area contributed by atoms with Crippen molar-refractivity contribution in [3.63, 3.8) is 0 Å². The number of halogens is 1. The minimum absolute atomic E-state index is 0.712. The van der Waals surface area contributed by atoms with Gasteiger partial charge >= 0.3 is 0 Å². The summed E-state index contributed by atoms with van der Waals surface area (Å²) in [5.74, 6) is 1.93. The third-order valence-corrected chi connectivity index (χ3v) is 4.30. The largest absolute Gasteiger partial charge is 0.308 e. The molecule has 3 rings (SSSR count). The molecule has 1 aromatic rings. The van der Waals surface area contributed by atoms with Gasteiger partial charge < -0.3 is 5.32 Å². The van der Waals surface area contributed by atoms with Gasteiger partial charge in [0.15, 0.2) is 0 Å². The van der Waals surface area contributed by atoms with Crippen LogP contribution < -0.4 is 5.32 Å². The van der Waals surface area contributed by atoms with Gasteiger partial charge in [-0.15, -0.1) is 0 Å². The Morgan fingerprint density at radius 1 is 1.31 bits per heavy atom. The molecule has 0 aliphatic heterocycles. The van der Waals surface area contributed by atoms with Gasteiger partial charge in [0.1, 0.15) is 0 Å². The Kier molecular flexibility index (Phi) is 2.86. The van der Waals surface area contributed by atoms with Crippen molar-refractivity contribution < 1.29 is 0 Å². The fourth-order valence-electron chi connectivity index (χ4n) is 3.24. The molecule has 2 aliphatic rings. The molecule has 0 aromatic carbocycles. The highest BCUT2D eigenvalue weighted by Gasteiger charge is 2.38. The van der Waals surface area contributed by atoms with E-state index in [9.17, 15) is 0 Å². The Morgan fingerprint density at radius 3 is 2.88 bits per heavy atom. The molecule has 1 N–H and O–H groups in total. The summed E-state index contributed by atoms with van der Waals surface area (Å²) in [6.07, 6.45) is 7.43. The highest BCUT2D eigenvalue weighted by molar-refractivity contribution is 6.30. The maximum atomic E-state index is 5.81. The molecule has 16 heavy (non-hydrogen) atoms. The van der Waals surface area contributed by atoms with Gasteiger partial charge in [-0.05, 0) is 43.2 Å². The lowest BCUT2D eigenvalue weighted by Gasteiger charge is -2.22. The average Bonchev–Trinajstić information content (AvgIpc) is 2.90. The van der Waals surface area contributed by atoms with Crippen LogP contribution in [0.25, 0.3) is 0 Å². The second-order valence-electron chi connectivity index (χ2n) is 5.13. The normalized spacial score (nSPS) is 32.2. The number of rotatable bonds is 3. The van der Waals surface area contributed by atoms with E-state index in [0.29, 0.717) is 5.02 Å². The van der Waals surface area contributed by atoms with Crippen LogP contribution in [-0.4, -0.2) is 11.0 Å². The monoisotopic (exact) mass is 236 g/mol. The molecule has 1 heterocycles. The molecule has 2 aliphatic carbocycles.